The molecule has 0 aliphatic carbocycles. The molecule has 0 spiro atoms. The maximum Gasteiger partial charge on any atom is 0.343 e. The van der Waals surface area contributed by atoms with E-state index in [9.17, 15) is 19.8 Å². The van der Waals surface area contributed by atoms with Gasteiger partial charge in [0.05, 0.1) is 29.9 Å². The molecule has 2 rings (SSSR count). The molecular weight excluding hydrogens is 284 g/mol. The van der Waals surface area contributed by atoms with Crippen LogP contribution in [0.4, 0.5) is 10.7 Å². The van der Waals surface area contributed by atoms with Crippen LogP contribution in [0.15, 0.2) is 0 Å². The zero-order chi connectivity index (χ0) is 15.0. The Morgan fingerprint density at radius 2 is 1.90 bits per heavy atom. The Balaban J connectivity index is 2.49. The Hall–Kier alpha value is -1.64. The van der Waals surface area contributed by atoms with Gasteiger partial charge in [-0.2, -0.15) is 0 Å². The predicted molar refractivity (Wildman–Crippen MR) is 74.3 cm³/mol. The Kier molecular flexibility index (Phi) is 3.98. The monoisotopic (exact) mass is 300 g/mol. The van der Waals surface area contributed by atoms with E-state index in [1.54, 1.807) is 4.90 Å². The van der Waals surface area contributed by atoms with Gasteiger partial charge >= 0.3 is 5.97 Å². The fourth-order valence-electron chi connectivity index (χ4n) is 2.15. The first kappa shape index (κ1) is 14.8. The van der Waals surface area contributed by atoms with Gasteiger partial charge in [0.15, 0.2) is 5.78 Å². The minimum absolute atomic E-state index is 0.0835. The number of nitrogens with two attached hydrogens (primary N) is 1. The minimum atomic E-state index is -0.899. The molecule has 1 aromatic rings. The molecule has 0 radical (unpaired) electrons. The molecule has 1 fully saturated rings. The molecule has 0 amide bonds. The number of hydrogen-bond donors (Lipinski definition) is 3. The van der Waals surface area contributed by atoms with Crippen LogP contribution in [0.25, 0.3) is 0 Å². The minimum Gasteiger partial charge on any atom is -0.465 e. The van der Waals surface area contributed by atoms with Crippen LogP contribution in [0, 0.1) is 0 Å². The van der Waals surface area contributed by atoms with E-state index in [1.165, 1.54) is 14.0 Å². The lowest BCUT2D eigenvalue weighted by Gasteiger charge is -2.16. The third kappa shape index (κ3) is 2.37. The second kappa shape index (κ2) is 5.39. The first-order chi connectivity index (χ1) is 9.36. The number of ketones is 1. The summed E-state index contributed by atoms with van der Waals surface area (Å²) >= 11 is 1.07. The molecule has 2 unspecified atom stereocenters. The van der Waals surface area contributed by atoms with E-state index >= 15 is 0 Å². The predicted octanol–water partition coefficient (Wildman–Crippen LogP) is -0.139. The number of aliphatic hydroxyl groups is 2. The number of carbonyl (C=O) groups excluding carboxylic acids is 2. The summed E-state index contributed by atoms with van der Waals surface area (Å²) in [6.45, 7) is 1.70. The van der Waals surface area contributed by atoms with E-state index in [2.05, 4.69) is 4.74 Å². The molecule has 2 heterocycles. The summed E-state index contributed by atoms with van der Waals surface area (Å²) in [6.07, 6.45) is -1.80. The number of nitrogens with zero attached hydrogens (tertiary/aromatic N) is 1. The first-order valence-corrected chi connectivity index (χ1v) is 6.81. The smallest absolute Gasteiger partial charge is 0.343 e. The van der Waals surface area contributed by atoms with Crippen LogP contribution in [0.3, 0.4) is 0 Å². The molecule has 0 aromatic carbocycles. The van der Waals surface area contributed by atoms with Crippen molar-refractivity contribution in [3.63, 3.8) is 0 Å². The highest BCUT2D eigenvalue weighted by atomic mass is 32.1. The van der Waals surface area contributed by atoms with Gasteiger partial charge in [0.25, 0.3) is 0 Å². The molecule has 1 aromatic heterocycles. The zero-order valence-electron chi connectivity index (χ0n) is 11.1. The van der Waals surface area contributed by atoms with E-state index in [0.717, 1.165) is 11.3 Å². The third-order valence-electron chi connectivity index (χ3n) is 3.18. The van der Waals surface area contributed by atoms with Crippen molar-refractivity contribution < 1.29 is 24.5 Å². The number of anilines is 2. The maximum atomic E-state index is 11.9. The molecule has 110 valence electrons. The van der Waals surface area contributed by atoms with Gasteiger partial charge in [0.1, 0.15) is 10.6 Å². The molecule has 0 saturated carbocycles. The van der Waals surface area contributed by atoms with Crippen LogP contribution in [-0.2, 0) is 4.74 Å². The Labute approximate surface area is 119 Å². The highest BCUT2D eigenvalue weighted by Crippen LogP contribution is 2.40. The van der Waals surface area contributed by atoms with Crippen molar-refractivity contribution in [2.45, 2.75) is 19.1 Å². The largest absolute Gasteiger partial charge is 0.465 e. The summed E-state index contributed by atoms with van der Waals surface area (Å²) in [4.78, 5) is 25.3. The second-order valence-electron chi connectivity index (χ2n) is 4.61. The van der Waals surface area contributed by atoms with Crippen molar-refractivity contribution in [1.29, 1.82) is 0 Å². The average Bonchev–Trinajstić information content (AvgIpc) is 2.90. The molecule has 1 saturated heterocycles. The van der Waals surface area contributed by atoms with Crippen LogP contribution in [-0.4, -0.2) is 54.4 Å². The lowest BCUT2D eigenvalue weighted by molar-refractivity contribution is 0.0572. The first-order valence-electron chi connectivity index (χ1n) is 5.99. The number of methoxy groups -OCH3 is 1. The molecule has 1 aliphatic heterocycles. The fraction of sp³-hybridized carbons (Fsp3) is 0.500. The van der Waals surface area contributed by atoms with E-state index in [-0.39, 0.29) is 35.0 Å². The van der Waals surface area contributed by atoms with Crippen molar-refractivity contribution in [3.8, 4) is 0 Å². The van der Waals surface area contributed by atoms with Gasteiger partial charge in [-0.25, -0.2) is 4.79 Å². The van der Waals surface area contributed by atoms with Crippen molar-refractivity contribution in [3.05, 3.63) is 10.4 Å². The maximum absolute atomic E-state index is 11.9. The number of hydrogen-bond acceptors (Lipinski definition) is 8. The van der Waals surface area contributed by atoms with E-state index in [0.29, 0.717) is 5.00 Å². The van der Waals surface area contributed by atoms with Gasteiger partial charge in [-0.05, 0) is 0 Å². The molecule has 20 heavy (non-hydrogen) atoms. The van der Waals surface area contributed by atoms with Crippen LogP contribution in [0.2, 0.25) is 0 Å². The van der Waals surface area contributed by atoms with Crippen molar-refractivity contribution in [1.82, 2.24) is 0 Å². The third-order valence-corrected chi connectivity index (χ3v) is 4.55. The van der Waals surface area contributed by atoms with Gasteiger partial charge in [-0.15, -0.1) is 11.3 Å². The van der Waals surface area contributed by atoms with Crippen molar-refractivity contribution in [2.75, 3.05) is 30.8 Å². The number of nitrogen functional groups attached to an aromatic ring is 1. The highest BCUT2D eigenvalue weighted by molar-refractivity contribution is 7.19. The van der Waals surface area contributed by atoms with Gasteiger partial charge in [0, 0.05) is 20.0 Å². The zero-order valence-corrected chi connectivity index (χ0v) is 11.9. The van der Waals surface area contributed by atoms with Crippen molar-refractivity contribution in [2.24, 2.45) is 0 Å². The number of carbonyl (C=O) groups is 2. The van der Waals surface area contributed by atoms with Crippen LogP contribution in [0.1, 0.15) is 27.0 Å². The van der Waals surface area contributed by atoms with Crippen LogP contribution >= 0.6 is 11.3 Å². The summed E-state index contributed by atoms with van der Waals surface area (Å²) < 4.78 is 4.69. The second-order valence-corrected chi connectivity index (χ2v) is 5.61. The molecular formula is C12H16N2O5S. The number of Topliss-reactive ketones (excluding diaryl/α,β-unsaturated/α-hetero) is 1. The lowest BCUT2D eigenvalue weighted by Crippen LogP contribution is -2.22. The van der Waals surface area contributed by atoms with E-state index in [4.69, 9.17) is 5.73 Å². The van der Waals surface area contributed by atoms with Crippen molar-refractivity contribution >= 4 is 33.8 Å². The topological polar surface area (TPSA) is 113 Å². The summed E-state index contributed by atoms with van der Waals surface area (Å²) in [5.74, 6) is -0.888. The number of aliphatic hydroxyl groups excluding tert-OH is 2. The lowest BCUT2D eigenvalue weighted by atomic mass is 10.2. The number of thiophene rings is 1. The number of rotatable bonds is 3. The Bertz CT molecular complexity index is 546. The average molecular weight is 300 g/mol. The van der Waals surface area contributed by atoms with Gasteiger partial charge in [-0.1, -0.05) is 0 Å². The molecule has 2 atom stereocenters. The number of β-amino-alcohol motifs (C(OH)–C–C–N with tert-alkyl or cyclic N) is 2. The summed E-state index contributed by atoms with van der Waals surface area (Å²) in [5.41, 5.74) is 6.05. The standard InChI is InChI=1S/C12H16N2O5S/c1-5(15)10-9(13)8(12(18)19-2)11(20-10)14-3-6(16)7(17)4-14/h6-7,16-17H,3-4,13H2,1-2H3. The molecule has 0 bridgehead atoms. The number of esters is 1. The normalized spacial score (nSPS) is 22.1. The fourth-order valence-corrected chi connectivity index (χ4v) is 3.27. The van der Waals surface area contributed by atoms with Gasteiger partial charge in [-0.3, -0.25) is 4.79 Å². The highest BCUT2D eigenvalue weighted by Gasteiger charge is 2.35. The Morgan fingerprint density at radius 3 is 2.35 bits per heavy atom. The van der Waals surface area contributed by atoms with Gasteiger partial charge < -0.3 is 25.6 Å². The molecule has 8 heteroatoms. The molecule has 4 N–H and O–H groups in total. The number of ether oxygens (including phenoxy) is 1. The van der Waals surface area contributed by atoms with E-state index < -0.39 is 18.2 Å². The van der Waals surface area contributed by atoms with E-state index in [1.807, 2.05) is 0 Å². The van der Waals surface area contributed by atoms with Crippen LogP contribution < -0.4 is 10.6 Å². The summed E-state index contributed by atoms with van der Waals surface area (Å²) in [7, 11) is 1.23. The Morgan fingerprint density at radius 1 is 1.35 bits per heavy atom. The quantitative estimate of drug-likeness (QED) is 0.526. The van der Waals surface area contributed by atoms with Crippen LogP contribution in [0.5, 0.6) is 0 Å². The summed E-state index contributed by atoms with van der Waals surface area (Å²) in [6, 6.07) is 0. The van der Waals surface area contributed by atoms with Gasteiger partial charge in [0.2, 0.25) is 0 Å². The molecule has 1 aliphatic rings. The summed E-state index contributed by atoms with van der Waals surface area (Å²) in [5, 5.41) is 19.6. The SMILES string of the molecule is COC(=O)c1c(N2CC(O)C(O)C2)sc(C(C)=O)c1N. The molecule has 7 nitrogen and oxygen atoms in total.